The zero-order valence-corrected chi connectivity index (χ0v) is 16.0. The van der Waals surface area contributed by atoms with E-state index in [9.17, 15) is 0 Å². The first kappa shape index (κ1) is 18.8. The van der Waals surface area contributed by atoms with Crippen LogP contribution in [0.25, 0.3) is 11.3 Å². The lowest BCUT2D eigenvalue weighted by Crippen LogP contribution is -2.27. The highest BCUT2D eigenvalue weighted by Crippen LogP contribution is 2.34. The summed E-state index contributed by atoms with van der Waals surface area (Å²) >= 11 is 0. The summed E-state index contributed by atoms with van der Waals surface area (Å²) < 4.78 is 5.67. The van der Waals surface area contributed by atoms with Crippen molar-refractivity contribution in [1.29, 1.82) is 5.41 Å². The Morgan fingerprint density at radius 3 is 2.74 bits per heavy atom. The van der Waals surface area contributed by atoms with Gasteiger partial charge in [0.1, 0.15) is 17.4 Å². The van der Waals surface area contributed by atoms with E-state index in [2.05, 4.69) is 27.1 Å². The maximum absolute atomic E-state index is 7.78. The summed E-state index contributed by atoms with van der Waals surface area (Å²) in [6.45, 7) is 5.52. The summed E-state index contributed by atoms with van der Waals surface area (Å²) in [5.74, 6) is 1.81. The highest BCUT2D eigenvalue weighted by Gasteiger charge is 2.23. The second kappa shape index (κ2) is 7.69. The monoisotopic (exact) mass is 369 g/mol. The van der Waals surface area contributed by atoms with Crippen molar-refractivity contribution < 1.29 is 4.74 Å². The molecule has 1 aromatic heterocycles. The smallest absolute Gasteiger partial charge is 0.224 e. The molecule has 0 amide bonds. The largest absolute Gasteiger partial charge is 0.493 e. The SMILES string of the molecule is CCOc1cc(-c2cc(N3CCCC3C)nc(NC)n2)cc(N)c1C(=N)N. The number of ether oxygens (including phenoxy) is 1. The van der Waals surface area contributed by atoms with Crippen LogP contribution in [0.4, 0.5) is 17.5 Å². The normalized spacial score (nSPS) is 16.4. The van der Waals surface area contributed by atoms with Gasteiger partial charge in [-0.15, -0.1) is 0 Å². The minimum absolute atomic E-state index is 0.118. The van der Waals surface area contributed by atoms with Gasteiger partial charge in [0.2, 0.25) is 5.95 Å². The lowest BCUT2D eigenvalue weighted by atomic mass is 10.0. The van der Waals surface area contributed by atoms with E-state index in [1.807, 2.05) is 19.1 Å². The van der Waals surface area contributed by atoms with Gasteiger partial charge in [-0.1, -0.05) is 0 Å². The Labute approximate surface area is 159 Å². The number of aromatic nitrogens is 2. The molecule has 27 heavy (non-hydrogen) atoms. The van der Waals surface area contributed by atoms with Crippen molar-refractivity contribution in [2.45, 2.75) is 32.7 Å². The number of nitrogens with zero attached hydrogens (tertiary/aromatic N) is 3. The summed E-state index contributed by atoms with van der Waals surface area (Å²) in [7, 11) is 1.80. The molecule has 8 heteroatoms. The Morgan fingerprint density at radius 2 is 2.15 bits per heavy atom. The standard InChI is InChI=1S/C19H27N7O/c1-4-27-15-9-12(8-13(20)17(15)18(21)22)14-10-16(25-19(23-3)24-14)26-7-5-6-11(26)2/h8-11H,4-7,20H2,1-3H3,(H3,21,22)(H,23,24,25). The molecule has 3 rings (SSSR count). The summed E-state index contributed by atoms with van der Waals surface area (Å²) in [6, 6.07) is 6.02. The second-order valence-electron chi connectivity index (χ2n) is 6.65. The van der Waals surface area contributed by atoms with Crippen molar-refractivity contribution >= 4 is 23.3 Å². The number of nitrogens with two attached hydrogens (primary N) is 2. The van der Waals surface area contributed by atoms with Crippen LogP contribution in [0.3, 0.4) is 0 Å². The van der Waals surface area contributed by atoms with E-state index in [1.54, 1.807) is 13.1 Å². The van der Waals surface area contributed by atoms with Crippen LogP contribution >= 0.6 is 0 Å². The lowest BCUT2D eigenvalue weighted by Gasteiger charge is -2.23. The number of anilines is 3. The molecule has 0 saturated carbocycles. The Hall–Kier alpha value is -3.03. The molecule has 1 aromatic carbocycles. The number of hydrogen-bond acceptors (Lipinski definition) is 7. The number of nitrogens with one attached hydrogen (secondary N) is 2. The van der Waals surface area contributed by atoms with E-state index in [0.717, 1.165) is 36.5 Å². The third kappa shape index (κ3) is 3.74. The Bertz CT molecular complexity index is 852. The third-order valence-electron chi connectivity index (χ3n) is 4.78. The molecule has 0 aliphatic carbocycles. The molecule has 1 aliphatic heterocycles. The molecule has 1 unspecified atom stereocenters. The van der Waals surface area contributed by atoms with Crippen molar-refractivity contribution in [3.8, 4) is 17.0 Å². The fraction of sp³-hybridized carbons (Fsp3) is 0.421. The second-order valence-corrected chi connectivity index (χ2v) is 6.65. The van der Waals surface area contributed by atoms with Gasteiger partial charge in [-0.25, -0.2) is 4.98 Å². The number of nitrogen functional groups attached to an aromatic ring is 2. The van der Waals surface area contributed by atoms with E-state index in [1.165, 1.54) is 0 Å². The molecular weight excluding hydrogens is 342 g/mol. The first-order valence-corrected chi connectivity index (χ1v) is 9.19. The molecular formula is C19H27N7O. The summed E-state index contributed by atoms with van der Waals surface area (Å²) in [6.07, 6.45) is 2.31. The minimum Gasteiger partial charge on any atom is -0.493 e. The maximum Gasteiger partial charge on any atom is 0.224 e. The van der Waals surface area contributed by atoms with E-state index in [0.29, 0.717) is 35.6 Å². The van der Waals surface area contributed by atoms with Gasteiger partial charge in [-0.3, -0.25) is 5.41 Å². The van der Waals surface area contributed by atoms with Crippen molar-refractivity contribution in [1.82, 2.24) is 9.97 Å². The van der Waals surface area contributed by atoms with Crippen LogP contribution in [0.15, 0.2) is 18.2 Å². The minimum atomic E-state index is -0.118. The predicted molar refractivity (Wildman–Crippen MR) is 110 cm³/mol. The molecule has 8 nitrogen and oxygen atoms in total. The first-order chi connectivity index (χ1) is 12.9. The van der Waals surface area contributed by atoms with Gasteiger partial charge in [0.05, 0.1) is 17.9 Å². The fourth-order valence-electron chi connectivity index (χ4n) is 3.46. The van der Waals surface area contributed by atoms with Crippen LogP contribution in [0.1, 0.15) is 32.3 Å². The summed E-state index contributed by atoms with van der Waals surface area (Å²) in [5.41, 5.74) is 14.2. The highest BCUT2D eigenvalue weighted by atomic mass is 16.5. The van der Waals surface area contributed by atoms with Crippen LogP contribution in [0.2, 0.25) is 0 Å². The lowest BCUT2D eigenvalue weighted by molar-refractivity contribution is 0.340. The molecule has 0 bridgehead atoms. The van der Waals surface area contributed by atoms with Gasteiger partial charge in [-0.05, 0) is 38.8 Å². The first-order valence-electron chi connectivity index (χ1n) is 9.19. The highest BCUT2D eigenvalue weighted by molar-refractivity contribution is 6.03. The number of rotatable bonds is 6. The van der Waals surface area contributed by atoms with E-state index < -0.39 is 0 Å². The van der Waals surface area contributed by atoms with Gasteiger partial charge < -0.3 is 26.4 Å². The van der Waals surface area contributed by atoms with Gasteiger partial charge in [0.25, 0.3) is 0 Å². The molecule has 1 atom stereocenters. The zero-order chi connectivity index (χ0) is 19.6. The topological polar surface area (TPSA) is 126 Å². The van der Waals surface area contributed by atoms with Crippen LogP contribution in [-0.4, -0.2) is 42.0 Å². The van der Waals surface area contributed by atoms with Crippen LogP contribution in [0.5, 0.6) is 5.75 Å². The quantitative estimate of drug-likeness (QED) is 0.350. The average molecular weight is 369 g/mol. The van der Waals surface area contributed by atoms with E-state index in [4.69, 9.17) is 21.6 Å². The molecule has 1 aliphatic rings. The Kier molecular flexibility index (Phi) is 5.34. The molecule has 0 radical (unpaired) electrons. The zero-order valence-electron chi connectivity index (χ0n) is 16.0. The fourth-order valence-corrected chi connectivity index (χ4v) is 3.46. The van der Waals surface area contributed by atoms with Gasteiger partial charge in [-0.2, -0.15) is 4.98 Å². The van der Waals surface area contributed by atoms with Crippen LogP contribution in [0, 0.1) is 5.41 Å². The van der Waals surface area contributed by atoms with Crippen LogP contribution in [-0.2, 0) is 0 Å². The molecule has 2 heterocycles. The molecule has 144 valence electrons. The van der Waals surface area contributed by atoms with Gasteiger partial charge >= 0.3 is 0 Å². The summed E-state index contributed by atoms with van der Waals surface area (Å²) in [5, 5.41) is 10.8. The van der Waals surface area contributed by atoms with Crippen LogP contribution < -0.4 is 26.4 Å². The van der Waals surface area contributed by atoms with Crippen molar-refractivity contribution in [2.75, 3.05) is 36.1 Å². The molecule has 1 saturated heterocycles. The van der Waals surface area contributed by atoms with E-state index >= 15 is 0 Å². The number of hydrogen-bond donors (Lipinski definition) is 4. The molecule has 0 spiro atoms. The van der Waals surface area contributed by atoms with E-state index in [-0.39, 0.29) is 5.84 Å². The average Bonchev–Trinajstić information content (AvgIpc) is 3.06. The number of benzene rings is 1. The Balaban J connectivity index is 2.11. The number of amidine groups is 1. The van der Waals surface area contributed by atoms with Crippen molar-refractivity contribution in [3.63, 3.8) is 0 Å². The molecule has 6 N–H and O–H groups in total. The molecule has 1 fully saturated rings. The van der Waals surface area contributed by atoms with Crippen molar-refractivity contribution in [3.05, 3.63) is 23.8 Å². The predicted octanol–water partition coefficient (Wildman–Crippen LogP) is 2.44. The Morgan fingerprint density at radius 1 is 1.37 bits per heavy atom. The third-order valence-corrected chi connectivity index (χ3v) is 4.78. The maximum atomic E-state index is 7.78. The van der Waals surface area contributed by atoms with Crippen molar-refractivity contribution in [2.24, 2.45) is 5.73 Å². The summed E-state index contributed by atoms with van der Waals surface area (Å²) in [4.78, 5) is 11.5. The van der Waals surface area contributed by atoms with Gasteiger partial charge in [0.15, 0.2) is 0 Å². The van der Waals surface area contributed by atoms with Gasteiger partial charge in [0, 0.05) is 37.0 Å². The molecule has 2 aromatic rings.